The Hall–Kier alpha value is -1.96. The molecule has 1 saturated heterocycles. The smallest absolute Gasteiger partial charge is 0.324 e. The molecule has 0 aromatic carbocycles. The molecular formula is C13H20N6O2. The van der Waals surface area contributed by atoms with Crippen LogP contribution in [0.15, 0.2) is 6.20 Å². The Balaban J connectivity index is 1.52. The fraction of sp³-hybridized carbons (Fsp3) is 0.692. The van der Waals surface area contributed by atoms with Crippen LogP contribution in [-0.2, 0) is 17.9 Å². The van der Waals surface area contributed by atoms with Crippen LogP contribution in [0.1, 0.15) is 32.4 Å². The van der Waals surface area contributed by atoms with Crippen LogP contribution in [0.3, 0.4) is 0 Å². The highest BCUT2D eigenvalue weighted by Gasteiger charge is 2.43. The normalized spacial score (nSPS) is 21.0. The van der Waals surface area contributed by atoms with Gasteiger partial charge in [-0.25, -0.2) is 4.79 Å². The molecule has 21 heavy (non-hydrogen) atoms. The molecule has 1 aliphatic carbocycles. The quantitative estimate of drug-likeness (QED) is 0.712. The summed E-state index contributed by atoms with van der Waals surface area (Å²) in [5, 5.41) is 14.1. The van der Waals surface area contributed by atoms with Crippen LogP contribution >= 0.6 is 0 Å². The van der Waals surface area contributed by atoms with Gasteiger partial charge in [0.05, 0.1) is 18.8 Å². The molecule has 2 N–H and O–H groups in total. The lowest BCUT2D eigenvalue weighted by atomic mass is 10.1. The van der Waals surface area contributed by atoms with Gasteiger partial charge in [-0.1, -0.05) is 5.21 Å². The molecule has 2 fully saturated rings. The lowest BCUT2D eigenvalue weighted by Crippen LogP contribution is -2.40. The first kappa shape index (κ1) is 14.0. The van der Waals surface area contributed by atoms with Gasteiger partial charge in [0.1, 0.15) is 5.54 Å². The Kier molecular flexibility index (Phi) is 3.40. The van der Waals surface area contributed by atoms with Crippen molar-refractivity contribution in [3.63, 3.8) is 0 Å². The first-order chi connectivity index (χ1) is 9.95. The molecule has 8 heteroatoms. The monoisotopic (exact) mass is 292 g/mol. The van der Waals surface area contributed by atoms with Crippen LogP contribution in [0.5, 0.6) is 0 Å². The van der Waals surface area contributed by atoms with Crippen molar-refractivity contribution in [3.05, 3.63) is 11.9 Å². The Labute approximate surface area is 122 Å². The van der Waals surface area contributed by atoms with Crippen molar-refractivity contribution in [3.8, 4) is 0 Å². The molecule has 0 unspecified atom stereocenters. The summed E-state index contributed by atoms with van der Waals surface area (Å²) in [6, 6.07) is 0.282. The van der Waals surface area contributed by atoms with E-state index >= 15 is 0 Å². The minimum absolute atomic E-state index is 0.205. The van der Waals surface area contributed by atoms with E-state index in [-0.39, 0.29) is 11.9 Å². The fourth-order valence-corrected chi connectivity index (χ4v) is 2.29. The fourth-order valence-electron chi connectivity index (χ4n) is 2.29. The first-order valence-corrected chi connectivity index (χ1v) is 7.22. The predicted molar refractivity (Wildman–Crippen MR) is 74.2 cm³/mol. The summed E-state index contributed by atoms with van der Waals surface area (Å²) in [5.74, 6) is -0.205. The van der Waals surface area contributed by atoms with Crippen molar-refractivity contribution in [2.24, 2.45) is 0 Å². The average molecular weight is 292 g/mol. The third kappa shape index (κ3) is 3.05. The summed E-state index contributed by atoms with van der Waals surface area (Å²) < 4.78 is 1.66. The van der Waals surface area contributed by atoms with Gasteiger partial charge < -0.3 is 10.6 Å². The van der Waals surface area contributed by atoms with Gasteiger partial charge in [0.25, 0.3) is 5.91 Å². The molecule has 0 radical (unpaired) electrons. The van der Waals surface area contributed by atoms with Gasteiger partial charge in [0, 0.05) is 18.8 Å². The predicted octanol–water partition coefficient (Wildman–Crippen LogP) is -0.139. The lowest BCUT2D eigenvalue weighted by Gasteiger charge is -2.15. The summed E-state index contributed by atoms with van der Waals surface area (Å²) in [7, 11) is 0. The number of amides is 3. The van der Waals surface area contributed by atoms with E-state index in [4.69, 9.17) is 0 Å². The number of urea groups is 1. The lowest BCUT2D eigenvalue weighted by molar-refractivity contribution is -0.130. The van der Waals surface area contributed by atoms with E-state index < -0.39 is 5.54 Å². The van der Waals surface area contributed by atoms with E-state index in [0.29, 0.717) is 25.7 Å². The molecule has 114 valence electrons. The van der Waals surface area contributed by atoms with Gasteiger partial charge in [-0.05, 0) is 26.7 Å². The largest absolute Gasteiger partial charge is 0.325 e. The van der Waals surface area contributed by atoms with Gasteiger partial charge in [-0.2, -0.15) is 0 Å². The Morgan fingerprint density at radius 3 is 2.76 bits per heavy atom. The number of carbonyl (C=O) groups is 2. The van der Waals surface area contributed by atoms with Crippen molar-refractivity contribution < 1.29 is 9.59 Å². The van der Waals surface area contributed by atoms with Crippen molar-refractivity contribution in [1.82, 2.24) is 30.5 Å². The molecule has 1 aromatic rings. The van der Waals surface area contributed by atoms with Crippen molar-refractivity contribution >= 4 is 11.9 Å². The molecule has 1 aromatic heterocycles. The number of hydrogen-bond acceptors (Lipinski definition) is 5. The molecule has 1 aliphatic heterocycles. The van der Waals surface area contributed by atoms with Crippen LogP contribution in [0.25, 0.3) is 0 Å². The zero-order chi connectivity index (χ0) is 15.0. The molecule has 0 atom stereocenters. The maximum atomic E-state index is 12.0. The van der Waals surface area contributed by atoms with E-state index in [1.54, 1.807) is 18.5 Å². The third-order valence-corrected chi connectivity index (χ3v) is 3.73. The average Bonchev–Trinajstić information content (AvgIpc) is 3.10. The van der Waals surface area contributed by atoms with Crippen molar-refractivity contribution in [1.29, 1.82) is 0 Å². The molecule has 2 aliphatic rings. The van der Waals surface area contributed by atoms with Crippen LogP contribution < -0.4 is 10.6 Å². The minimum atomic E-state index is -0.821. The molecule has 0 spiro atoms. The number of nitrogens with one attached hydrogen (secondary N) is 2. The second kappa shape index (κ2) is 5.10. The SMILES string of the molecule is CC1(C)NC(=O)N(CCn2cc(CNC3CC3)nn2)C1=O. The van der Waals surface area contributed by atoms with Crippen LogP contribution in [-0.4, -0.2) is 50.0 Å². The van der Waals surface area contributed by atoms with Crippen molar-refractivity contribution in [2.45, 2.75) is 51.4 Å². The summed E-state index contributed by atoms with van der Waals surface area (Å²) in [5.41, 5.74) is 0.0538. The summed E-state index contributed by atoms with van der Waals surface area (Å²) >= 11 is 0. The van der Waals surface area contributed by atoms with E-state index in [1.807, 2.05) is 6.20 Å². The molecule has 3 amide bonds. The maximum absolute atomic E-state index is 12.0. The minimum Gasteiger partial charge on any atom is -0.324 e. The highest BCUT2D eigenvalue weighted by molar-refractivity contribution is 6.06. The third-order valence-electron chi connectivity index (χ3n) is 3.73. The number of rotatable bonds is 6. The van der Waals surface area contributed by atoms with Crippen molar-refractivity contribution in [2.75, 3.05) is 6.54 Å². The molecule has 3 rings (SSSR count). The van der Waals surface area contributed by atoms with E-state index in [2.05, 4.69) is 20.9 Å². The topological polar surface area (TPSA) is 92.2 Å². The second-order valence-electron chi connectivity index (χ2n) is 6.14. The van der Waals surface area contributed by atoms with Gasteiger partial charge in [0.2, 0.25) is 0 Å². The summed E-state index contributed by atoms with van der Waals surface area (Å²) in [6.45, 7) is 4.86. The van der Waals surface area contributed by atoms with Crippen LogP contribution in [0, 0.1) is 0 Å². The molecule has 8 nitrogen and oxygen atoms in total. The number of imide groups is 1. The molecule has 1 saturated carbocycles. The van der Waals surface area contributed by atoms with Gasteiger partial charge in [0.15, 0.2) is 0 Å². The summed E-state index contributed by atoms with van der Waals surface area (Å²) in [6.07, 6.45) is 4.31. The summed E-state index contributed by atoms with van der Waals surface area (Å²) in [4.78, 5) is 25.0. The molecule has 2 heterocycles. The van der Waals surface area contributed by atoms with E-state index in [0.717, 1.165) is 5.69 Å². The standard InChI is InChI=1S/C13H20N6O2/c1-13(2)11(20)19(12(21)15-13)6-5-18-8-10(16-17-18)7-14-9-3-4-9/h8-9,14H,3-7H2,1-2H3,(H,15,21). The second-order valence-corrected chi connectivity index (χ2v) is 6.14. The van der Waals surface area contributed by atoms with E-state index in [1.165, 1.54) is 17.7 Å². The van der Waals surface area contributed by atoms with Gasteiger partial charge in [-0.3, -0.25) is 14.4 Å². The van der Waals surface area contributed by atoms with Gasteiger partial charge in [-0.15, -0.1) is 5.10 Å². The highest BCUT2D eigenvalue weighted by atomic mass is 16.2. The number of hydrogen-bond donors (Lipinski definition) is 2. The number of nitrogens with zero attached hydrogens (tertiary/aromatic N) is 4. The van der Waals surface area contributed by atoms with Gasteiger partial charge >= 0.3 is 6.03 Å². The number of aromatic nitrogens is 3. The Morgan fingerprint density at radius 2 is 2.14 bits per heavy atom. The maximum Gasteiger partial charge on any atom is 0.325 e. The molecular weight excluding hydrogens is 272 g/mol. The zero-order valence-corrected chi connectivity index (χ0v) is 12.3. The molecule has 0 bridgehead atoms. The van der Waals surface area contributed by atoms with E-state index in [9.17, 15) is 9.59 Å². The highest BCUT2D eigenvalue weighted by Crippen LogP contribution is 2.19. The number of carbonyl (C=O) groups excluding carboxylic acids is 2. The first-order valence-electron chi connectivity index (χ1n) is 7.22. The van der Waals surface area contributed by atoms with Crippen LogP contribution in [0.4, 0.5) is 4.79 Å². The van der Waals surface area contributed by atoms with Crippen LogP contribution in [0.2, 0.25) is 0 Å². The Morgan fingerprint density at radius 1 is 1.38 bits per heavy atom. The Bertz CT molecular complexity index is 563. The zero-order valence-electron chi connectivity index (χ0n) is 12.3.